The quantitative estimate of drug-likeness (QED) is 0.323. The second-order valence-corrected chi connectivity index (χ2v) is 8.30. The van der Waals surface area contributed by atoms with Crippen LogP contribution in [0.5, 0.6) is 11.5 Å². The Labute approximate surface area is 213 Å². The summed E-state index contributed by atoms with van der Waals surface area (Å²) in [5, 5.41) is 11.0. The van der Waals surface area contributed by atoms with Crippen LogP contribution in [0.1, 0.15) is 23.2 Å². The van der Waals surface area contributed by atoms with E-state index in [4.69, 9.17) is 9.47 Å². The summed E-state index contributed by atoms with van der Waals surface area (Å²) in [5.41, 5.74) is 2.19. The van der Waals surface area contributed by atoms with Crippen LogP contribution in [-0.4, -0.2) is 34.7 Å². The maximum Gasteiger partial charge on any atom is 0.273 e. The van der Waals surface area contributed by atoms with E-state index in [1.54, 1.807) is 43.5 Å². The first-order chi connectivity index (χ1) is 18.0. The SMILES string of the molecule is COc1ccccc1CCNC(=O)CCc1nnc(-c2ccc(OCc3cccc(F)c3)cc2)[nH]c1=O. The molecule has 0 bridgehead atoms. The molecule has 190 valence electrons. The highest BCUT2D eigenvalue weighted by Gasteiger charge is 2.10. The van der Waals surface area contributed by atoms with Gasteiger partial charge >= 0.3 is 0 Å². The molecular weight excluding hydrogens is 475 g/mol. The maximum atomic E-state index is 13.3. The van der Waals surface area contributed by atoms with Crippen molar-refractivity contribution in [2.45, 2.75) is 25.9 Å². The number of ether oxygens (including phenoxy) is 2. The van der Waals surface area contributed by atoms with Crippen LogP contribution < -0.4 is 20.3 Å². The highest BCUT2D eigenvalue weighted by atomic mass is 19.1. The summed E-state index contributed by atoms with van der Waals surface area (Å²) in [6, 6.07) is 20.8. The Balaban J connectivity index is 1.26. The number of carbonyl (C=O) groups excluding carboxylic acids is 1. The van der Waals surface area contributed by atoms with Gasteiger partial charge in [-0.25, -0.2) is 4.39 Å². The molecule has 8 nitrogen and oxygen atoms in total. The summed E-state index contributed by atoms with van der Waals surface area (Å²) >= 11 is 0. The number of methoxy groups -OCH3 is 1. The van der Waals surface area contributed by atoms with Gasteiger partial charge in [0, 0.05) is 24.9 Å². The van der Waals surface area contributed by atoms with E-state index in [9.17, 15) is 14.0 Å². The van der Waals surface area contributed by atoms with E-state index >= 15 is 0 Å². The number of halogens is 1. The van der Waals surface area contributed by atoms with Crippen molar-refractivity contribution in [3.05, 3.63) is 106 Å². The van der Waals surface area contributed by atoms with Crippen molar-refractivity contribution in [3.63, 3.8) is 0 Å². The molecule has 37 heavy (non-hydrogen) atoms. The van der Waals surface area contributed by atoms with E-state index in [1.165, 1.54) is 12.1 Å². The lowest BCUT2D eigenvalue weighted by Gasteiger charge is -2.09. The first kappa shape index (κ1) is 25.6. The minimum atomic E-state index is -0.391. The third-order valence-electron chi connectivity index (χ3n) is 5.68. The van der Waals surface area contributed by atoms with Gasteiger partial charge in [0.05, 0.1) is 7.11 Å². The van der Waals surface area contributed by atoms with E-state index in [-0.39, 0.29) is 36.9 Å². The van der Waals surface area contributed by atoms with Gasteiger partial charge in [0.25, 0.3) is 5.56 Å². The molecule has 0 aliphatic rings. The van der Waals surface area contributed by atoms with Gasteiger partial charge in [-0.1, -0.05) is 30.3 Å². The fraction of sp³-hybridized carbons (Fsp3) is 0.214. The summed E-state index contributed by atoms with van der Waals surface area (Å²) in [5.74, 6) is 1.20. The maximum absolute atomic E-state index is 13.3. The first-order valence-corrected chi connectivity index (χ1v) is 11.8. The number of hydrogen-bond donors (Lipinski definition) is 2. The van der Waals surface area contributed by atoms with E-state index < -0.39 is 5.56 Å². The predicted octanol–water partition coefficient (Wildman–Crippen LogP) is 3.85. The molecule has 1 heterocycles. The molecule has 3 aromatic carbocycles. The van der Waals surface area contributed by atoms with Gasteiger partial charge in [0.2, 0.25) is 5.91 Å². The molecule has 2 N–H and O–H groups in total. The van der Waals surface area contributed by atoms with Crippen molar-refractivity contribution >= 4 is 5.91 Å². The van der Waals surface area contributed by atoms with Crippen molar-refractivity contribution in [3.8, 4) is 22.9 Å². The van der Waals surface area contributed by atoms with Crippen molar-refractivity contribution in [1.29, 1.82) is 0 Å². The van der Waals surface area contributed by atoms with Crippen LogP contribution in [0.4, 0.5) is 4.39 Å². The molecule has 1 amide bonds. The Morgan fingerprint density at radius 3 is 2.57 bits per heavy atom. The number of carbonyl (C=O) groups is 1. The first-order valence-electron chi connectivity index (χ1n) is 11.8. The molecular formula is C28H27FN4O4. The number of para-hydroxylation sites is 1. The molecule has 0 saturated heterocycles. The van der Waals surface area contributed by atoms with E-state index in [0.29, 0.717) is 30.1 Å². The molecule has 0 saturated carbocycles. The van der Waals surface area contributed by atoms with Crippen LogP contribution in [0, 0.1) is 5.82 Å². The second-order valence-electron chi connectivity index (χ2n) is 8.30. The molecule has 4 aromatic rings. The number of H-pyrrole nitrogens is 1. The normalized spacial score (nSPS) is 10.6. The number of benzene rings is 3. The Kier molecular flexibility index (Phi) is 8.59. The summed E-state index contributed by atoms with van der Waals surface area (Å²) < 4.78 is 24.3. The summed E-state index contributed by atoms with van der Waals surface area (Å²) in [6.45, 7) is 0.693. The molecule has 0 spiro atoms. The van der Waals surface area contributed by atoms with Gasteiger partial charge < -0.3 is 19.8 Å². The molecule has 9 heteroatoms. The fourth-order valence-electron chi connectivity index (χ4n) is 3.72. The average molecular weight is 503 g/mol. The number of rotatable bonds is 11. The number of aromatic nitrogens is 3. The zero-order chi connectivity index (χ0) is 26.0. The molecule has 0 radical (unpaired) electrons. The highest BCUT2D eigenvalue weighted by Crippen LogP contribution is 2.20. The lowest BCUT2D eigenvalue weighted by Crippen LogP contribution is -2.27. The Morgan fingerprint density at radius 2 is 1.81 bits per heavy atom. The van der Waals surface area contributed by atoms with Crippen molar-refractivity contribution in [2.75, 3.05) is 13.7 Å². The summed E-state index contributed by atoms with van der Waals surface area (Å²) in [4.78, 5) is 27.4. The van der Waals surface area contributed by atoms with Gasteiger partial charge in [-0.15, -0.1) is 10.2 Å². The number of amides is 1. The van der Waals surface area contributed by atoms with Crippen molar-refractivity contribution in [1.82, 2.24) is 20.5 Å². The van der Waals surface area contributed by atoms with Crippen LogP contribution in [-0.2, 0) is 24.2 Å². The van der Waals surface area contributed by atoms with Crippen LogP contribution in [0.3, 0.4) is 0 Å². The Morgan fingerprint density at radius 1 is 1.00 bits per heavy atom. The molecule has 0 aliphatic carbocycles. The van der Waals surface area contributed by atoms with Crippen LogP contribution in [0.15, 0.2) is 77.6 Å². The Hall–Kier alpha value is -4.53. The topological polar surface area (TPSA) is 106 Å². The largest absolute Gasteiger partial charge is 0.496 e. The molecule has 1 aromatic heterocycles. The molecule has 4 rings (SSSR count). The number of hydrogen-bond acceptors (Lipinski definition) is 6. The number of nitrogens with zero attached hydrogens (tertiary/aromatic N) is 2. The van der Waals surface area contributed by atoms with Gasteiger partial charge in [0.15, 0.2) is 5.82 Å². The fourth-order valence-corrected chi connectivity index (χ4v) is 3.72. The van der Waals surface area contributed by atoms with E-state index in [1.807, 2.05) is 24.3 Å². The van der Waals surface area contributed by atoms with Crippen LogP contribution >= 0.6 is 0 Å². The molecule has 0 aliphatic heterocycles. The average Bonchev–Trinajstić information content (AvgIpc) is 2.92. The third kappa shape index (κ3) is 7.23. The van der Waals surface area contributed by atoms with Gasteiger partial charge in [-0.3, -0.25) is 9.59 Å². The van der Waals surface area contributed by atoms with Crippen LogP contribution in [0.2, 0.25) is 0 Å². The monoisotopic (exact) mass is 502 g/mol. The smallest absolute Gasteiger partial charge is 0.273 e. The minimum Gasteiger partial charge on any atom is -0.496 e. The highest BCUT2D eigenvalue weighted by molar-refractivity contribution is 5.76. The van der Waals surface area contributed by atoms with Gasteiger partial charge in [-0.05, 0) is 60.0 Å². The minimum absolute atomic E-state index is 0.125. The summed E-state index contributed by atoms with van der Waals surface area (Å²) in [7, 11) is 1.61. The van der Waals surface area contributed by atoms with Crippen molar-refractivity contribution < 1.29 is 18.7 Å². The van der Waals surface area contributed by atoms with Crippen molar-refractivity contribution in [2.24, 2.45) is 0 Å². The second kappa shape index (κ2) is 12.4. The lowest BCUT2D eigenvalue weighted by molar-refractivity contribution is -0.121. The van der Waals surface area contributed by atoms with E-state index in [2.05, 4.69) is 20.5 Å². The molecule has 0 fully saturated rings. The molecule has 0 unspecified atom stereocenters. The zero-order valence-corrected chi connectivity index (χ0v) is 20.4. The predicted molar refractivity (Wildman–Crippen MR) is 137 cm³/mol. The van der Waals surface area contributed by atoms with Gasteiger partial charge in [-0.2, -0.15) is 0 Å². The Bertz CT molecular complexity index is 1410. The van der Waals surface area contributed by atoms with E-state index in [0.717, 1.165) is 16.9 Å². The number of aryl methyl sites for hydroxylation is 1. The van der Waals surface area contributed by atoms with Crippen LogP contribution in [0.25, 0.3) is 11.4 Å². The lowest BCUT2D eigenvalue weighted by atomic mass is 10.1. The number of nitrogens with one attached hydrogen (secondary N) is 2. The zero-order valence-electron chi connectivity index (χ0n) is 20.4. The molecule has 0 atom stereocenters. The number of aromatic amines is 1. The summed E-state index contributed by atoms with van der Waals surface area (Å²) in [6.07, 6.45) is 0.940. The standard InChI is InChI=1S/C28H27FN4O4/c1-36-25-8-3-2-6-20(25)15-16-30-26(34)14-13-24-28(35)31-27(33-32-24)21-9-11-23(12-10-21)37-18-19-5-4-7-22(29)17-19/h2-12,17H,13-16,18H2,1H3,(H,30,34)(H,31,33,35). The van der Waals surface area contributed by atoms with Gasteiger partial charge in [0.1, 0.15) is 29.6 Å². The third-order valence-corrected chi connectivity index (χ3v) is 5.68.